The maximum Gasteiger partial charge on any atom is 0.251 e. The number of ketones is 1. The molecule has 1 N–H and O–H groups in total. The van der Waals surface area contributed by atoms with E-state index in [1.165, 1.54) is 0 Å². The second-order valence-electron chi connectivity index (χ2n) is 8.62. The second-order valence-corrected chi connectivity index (χ2v) is 9.05. The summed E-state index contributed by atoms with van der Waals surface area (Å²) < 4.78 is 1.85. The minimum absolute atomic E-state index is 0.0875. The predicted octanol–water partition coefficient (Wildman–Crippen LogP) is 4.92. The molecule has 1 aliphatic carbocycles. The molecule has 0 atom stereocenters. The average Bonchev–Trinajstić information content (AvgIpc) is 3.02. The summed E-state index contributed by atoms with van der Waals surface area (Å²) in [5.74, 6) is 0.00897. The molecular weight excluding hydrogens is 398 g/mol. The van der Waals surface area contributed by atoms with Crippen LogP contribution in [0.3, 0.4) is 0 Å². The van der Waals surface area contributed by atoms with Crippen molar-refractivity contribution in [2.24, 2.45) is 5.41 Å². The largest absolute Gasteiger partial charge is 0.348 e. The lowest BCUT2D eigenvalue weighted by Crippen LogP contribution is -2.28. The van der Waals surface area contributed by atoms with Gasteiger partial charge in [-0.2, -0.15) is 5.10 Å². The molecular formula is C24H24ClN3O2. The molecule has 0 radical (unpaired) electrons. The molecule has 0 spiro atoms. The van der Waals surface area contributed by atoms with Crippen LogP contribution in [-0.4, -0.2) is 21.5 Å². The summed E-state index contributed by atoms with van der Waals surface area (Å²) in [4.78, 5) is 25.1. The molecule has 1 heterocycles. The van der Waals surface area contributed by atoms with Gasteiger partial charge in [-0.15, -0.1) is 0 Å². The number of carbonyl (C=O) groups is 2. The highest BCUT2D eigenvalue weighted by atomic mass is 35.5. The van der Waals surface area contributed by atoms with E-state index in [2.05, 4.69) is 24.3 Å². The Kier molecular flexibility index (Phi) is 5.24. The van der Waals surface area contributed by atoms with Crippen molar-refractivity contribution in [3.8, 4) is 5.69 Å². The highest BCUT2D eigenvalue weighted by molar-refractivity contribution is 6.30. The number of aryl methyl sites for hydroxylation is 1. The smallest absolute Gasteiger partial charge is 0.251 e. The molecule has 1 aromatic heterocycles. The van der Waals surface area contributed by atoms with Gasteiger partial charge in [0, 0.05) is 23.6 Å². The standard InChI is InChI=1S/C24H24ClN3O2/c1-15-22-20(12-24(2,3)13-21(22)29)28(27-15)19-10-6-17(7-11-19)23(30)26-14-16-4-8-18(25)9-5-16/h4-11H,12-14H2,1-3H3,(H,26,30). The molecule has 154 valence electrons. The third-order valence-corrected chi connectivity index (χ3v) is 5.71. The van der Waals surface area contributed by atoms with Crippen LogP contribution < -0.4 is 5.32 Å². The summed E-state index contributed by atoms with van der Waals surface area (Å²) in [5, 5.41) is 8.20. The third-order valence-electron chi connectivity index (χ3n) is 5.46. The molecule has 0 saturated heterocycles. The lowest BCUT2D eigenvalue weighted by atomic mass is 9.75. The SMILES string of the molecule is Cc1nn(-c2ccc(C(=O)NCc3ccc(Cl)cc3)cc2)c2c1C(=O)CC(C)(C)C2. The Hall–Kier alpha value is -2.92. The van der Waals surface area contributed by atoms with E-state index >= 15 is 0 Å². The Morgan fingerprint density at radius 2 is 1.77 bits per heavy atom. The number of benzene rings is 2. The first kappa shape index (κ1) is 20.4. The number of fused-ring (bicyclic) bond motifs is 1. The third kappa shape index (κ3) is 4.03. The molecule has 0 unspecified atom stereocenters. The number of nitrogens with zero attached hydrogens (tertiary/aromatic N) is 2. The van der Waals surface area contributed by atoms with Gasteiger partial charge in [-0.3, -0.25) is 9.59 Å². The number of hydrogen-bond donors (Lipinski definition) is 1. The summed E-state index contributed by atoms with van der Waals surface area (Å²) in [7, 11) is 0. The number of hydrogen-bond acceptors (Lipinski definition) is 3. The van der Waals surface area contributed by atoms with Crippen LogP contribution in [0.15, 0.2) is 48.5 Å². The van der Waals surface area contributed by atoms with E-state index in [0.29, 0.717) is 23.6 Å². The van der Waals surface area contributed by atoms with Crippen LogP contribution in [-0.2, 0) is 13.0 Å². The maximum absolute atomic E-state index is 12.6. The normalized spacial score (nSPS) is 15.0. The number of carbonyl (C=O) groups excluding carboxylic acids is 2. The van der Waals surface area contributed by atoms with Crippen molar-refractivity contribution in [2.75, 3.05) is 0 Å². The van der Waals surface area contributed by atoms with Gasteiger partial charge in [0.05, 0.1) is 22.6 Å². The van der Waals surface area contributed by atoms with Crippen molar-refractivity contribution in [1.82, 2.24) is 15.1 Å². The van der Waals surface area contributed by atoms with Crippen LogP contribution in [0.2, 0.25) is 5.02 Å². The maximum atomic E-state index is 12.6. The lowest BCUT2D eigenvalue weighted by Gasteiger charge is -2.29. The van der Waals surface area contributed by atoms with Crippen LogP contribution in [0.5, 0.6) is 0 Å². The fourth-order valence-electron chi connectivity index (χ4n) is 3.99. The number of halogens is 1. The van der Waals surface area contributed by atoms with Crippen molar-refractivity contribution < 1.29 is 9.59 Å². The second kappa shape index (κ2) is 7.73. The van der Waals surface area contributed by atoms with Gasteiger partial charge in [-0.05, 0) is 60.7 Å². The summed E-state index contributed by atoms with van der Waals surface area (Å²) >= 11 is 5.89. The molecule has 2 aromatic carbocycles. The van der Waals surface area contributed by atoms with Crippen LogP contribution in [0.4, 0.5) is 0 Å². The van der Waals surface area contributed by atoms with Crippen LogP contribution in [0.1, 0.15) is 57.9 Å². The van der Waals surface area contributed by atoms with Crippen LogP contribution in [0.25, 0.3) is 5.69 Å². The first-order valence-electron chi connectivity index (χ1n) is 9.98. The van der Waals surface area contributed by atoms with Gasteiger partial charge in [0.25, 0.3) is 5.91 Å². The fraction of sp³-hybridized carbons (Fsp3) is 0.292. The molecule has 5 nitrogen and oxygen atoms in total. The monoisotopic (exact) mass is 421 g/mol. The van der Waals surface area contributed by atoms with Crippen LogP contribution in [0, 0.1) is 12.3 Å². The fourth-order valence-corrected chi connectivity index (χ4v) is 4.12. The molecule has 6 heteroatoms. The molecule has 4 rings (SSSR count). The number of amides is 1. The molecule has 0 fully saturated rings. The van der Waals surface area contributed by atoms with E-state index < -0.39 is 0 Å². The van der Waals surface area contributed by atoms with Gasteiger partial charge in [-0.1, -0.05) is 37.6 Å². The first-order chi connectivity index (χ1) is 14.2. The average molecular weight is 422 g/mol. The number of nitrogens with one attached hydrogen (secondary N) is 1. The molecule has 1 aliphatic rings. The summed E-state index contributed by atoms with van der Waals surface area (Å²) in [6.45, 7) is 6.52. The molecule has 0 saturated carbocycles. The number of rotatable bonds is 4. The first-order valence-corrected chi connectivity index (χ1v) is 10.4. The van der Waals surface area contributed by atoms with E-state index in [-0.39, 0.29) is 17.1 Å². The van der Waals surface area contributed by atoms with E-state index in [1.807, 2.05) is 35.9 Å². The van der Waals surface area contributed by atoms with Crippen molar-refractivity contribution in [3.05, 3.63) is 81.6 Å². The Labute approximate surface area is 181 Å². The van der Waals surface area contributed by atoms with Crippen LogP contribution >= 0.6 is 11.6 Å². The summed E-state index contributed by atoms with van der Waals surface area (Å²) in [6.07, 6.45) is 1.33. The highest BCUT2D eigenvalue weighted by Gasteiger charge is 2.35. The lowest BCUT2D eigenvalue weighted by molar-refractivity contribution is 0.0908. The Morgan fingerprint density at radius 1 is 1.10 bits per heavy atom. The Morgan fingerprint density at radius 3 is 2.43 bits per heavy atom. The molecule has 1 amide bonds. The van der Waals surface area contributed by atoms with Gasteiger partial charge < -0.3 is 5.32 Å². The zero-order chi connectivity index (χ0) is 21.5. The van der Waals surface area contributed by atoms with Crippen molar-refractivity contribution in [2.45, 2.75) is 40.2 Å². The van der Waals surface area contributed by atoms with Crippen molar-refractivity contribution in [3.63, 3.8) is 0 Å². The van der Waals surface area contributed by atoms with E-state index in [4.69, 9.17) is 11.6 Å². The minimum Gasteiger partial charge on any atom is -0.348 e. The topological polar surface area (TPSA) is 64.0 Å². The van der Waals surface area contributed by atoms with Gasteiger partial charge >= 0.3 is 0 Å². The molecule has 3 aromatic rings. The number of aromatic nitrogens is 2. The zero-order valence-electron chi connectivity index (χ0n) is 17.3. The van der Waals surface area contributed by atoms with Gasteiger partial charge in [0.1, 0.15) is 0 Å². The summed E-state index contributed by atoms with van der Waals surface area (Å²) in [5.41, 5.74) is 4.77. The van der Waals surface area contributed by atoms with Gasteiger partial charge in [-0.25, -0.2) is 4.68 Å². The zero-order valence-corrected chi connectivity index (χ0v) is 18.1. The highest BCUT2D eigenvalue weighted by Crippen LogP contribution is 2.36. The van der Waals surface area contributed by atoms with Crippen molar-refractivity contribution >= 4 is 23.3 Å². The minimum atomic E-state index is -0.147. The molecule has 0 bridgehead atoms. The van der Waals surface area contributed by atoms with Gasteiger partial charge in [0.2, 0.25) is 0 Å². The van der Waals surface area contributed by atoms with E-state index in [9.17, 15) is 9.59 Å². The molecule has 0 aliphatic heterocycles. The Bertz CT molecular complexity index is 1110. The Balaban J connectivity index is 1.53. The number of Topliss-reactive ketones (excluding diaryl/α,β-unsaturated/α-hetero) is 1. The van der Waals surface area contributed by atoms with E-state index in [1.54, 1.807) is 24.3 Å². The predicted molar refractivity (Wildman–Crippen MR) is 117 cm³/mol. The van der Waals surface area contributed by atoms with Gasteiger partial charge in [0.15, 0.2) is 5.78 Å². The van der Waals surface area contributed by atoms with E-state index in [0.717, 1.165) is 34.6 Å². The summed E-state index contributed by atoms with van der Waals surface area (Å²) in [6, 6.07) is 14.7. The quantitative estimate of drug-likeness (QED) is 0.650. The van der Waals surface area contributed by atoms with Crippen molar-refractivity contribution in [1.29, 1.82) is 0 Å². The molecule has 30 heavy (non-hydrogen) atoms.